The van der Waals surface area contributed by atoms with Crippen LogP contribution in [0.3, 0.4) is 0 Å². The summed E-state index contributed by atoms with van der Waals surface area (Å²) < 4.78 is 6.03. The number of benzene rings is 1. The second-order valence-corrected chi connectivity index (χ2v) is 9.46. The van der Waals surface area contributed by atoms with Crippen LogP contribution in [-0.4, -0.2) is 0 Å². The standard InChI is InChI=1S/C23H34O/c1-15(2)21-11-10-18(24-21)13-17-14-20(23(7,8)9)19(12-16(17)3)22(4,5)6/h10-12,14-15H,13H2,1-9H3. The smallest absolute Gasteiger partial charge is 0.108 e. The molecule has 1 heteroatoms. The van der Waals surface area contributed by atoms with Crippen molar-refractivity contribution < 1.29 is 4.42 Å². The summed E-state index contributed by atoms with van der Waals surface area (Å²) in [5.74, 6) is 2.57. The zero-order valence-electron chi connectivity index (χ0n) is 17.0. The van der Waals surface area contributed by atoms with Crippen LogP contribution in [0.15, 0.2) is 28.7 Å². The normalized spacial score (nSPS) is 12.9. The van der Waals surface area contributed by atoms with Crippen molar-refractivity contribution in [3.05, 3.63) is 58.0 Å². The van der Waals surface area contributed by atoms with Gasteiger partial charge in [0.25, 0.3) is 0 Å². The highest BCUT2D eigenvalue weighted by molar-refractivity contribution is 5.45. The number of rotatable bonds is 3. The fourth-order valence-corrected chi connectivity index (χ4v) is 3.17. The number of hydrogen-bond acceptors (Lipinski definition) is 1. The largest absolute Gasteiger partial charge is 0.465 e. The fourth-order valence-electron chi connectivity index (χ4n) is 3.17. The maximum absolute atomic E-state index is 6.03. The molecule has 0 radical (unpaired) electrons. The first-order chi connectivity index (χ1) is 10.9. The SMILES string of the molecule is Cc1cc(C(C)(C)C)c(C(C)(C)C)cc1Cc1ccc(C(C)C)o1. The quantitative estimate of drug-likeness (QED) is 0.598. The van der Waals surface area contributed by atoms with Gasteiger partial charge < -0.3 is 4.42 Å². The number of hydrogen-bond donors (Lipinski definition) is 0. The van der Waals surface area contributed by atoms with Crippen molar-refractivity contribution in [2.24, 2.45) is 0 Å². The van der Waals surface area contributed by atoms with Gasteiger partial charge in [-0.3, -0.25) is 0 Å². The highest BCUT2D eigenvalue weighted by Crippen LogP contribution is 2.36. The monoisotopic (exact) mass is 326 g/mol. The molecular weight excluding hydrogens is 292 g/mol. The Balaban J connectivity index is 2.47. The lowest BCUT2D eigenvalue weighted by Crippen LogP contribution is -2.22. The molecule has 2 aromatic rings. The predicted molar refractivity (Wildman–Crippen MR) is 104 cm³/mol. The molecule has 0 saturated carbocycles. The molecule has 0 atom stereocenters. The summed E-state index contributed by atoms with van der Waals surface area (Å²) in [5, 5.41) is 0. The van der Waals surface area contributed by atoms with Gasteiger partial charge in [-0.2, -0.15) is 0 Å². The summed E-state index contributed by atoms with van der Waals surface area (Å²) in [6, 6.07) is 9.04. The zero-order valence-corrected chi connectivity index (χ0v) is 17.0. The van der Waals surface area contributed by atoms with E-state index in [9.17, 15) is 0 Å². The van der Waals surface area contributed by atoms with Gasteiger partial charge >= 0.3 is 0 Å². The summed E-state index contributed by atoms with van der Waals surface area (Å²) in [4.78, 5) is 0. The van der Waals surface area contributed by atoms with Crippen LogP contribution in [0.4, 0.5) is 0 Å². The molecule has 0 spiro atoms. The number of furan rings is 1. The van der Waals surface area contributed by atoms with Crippen LogP contribution in [0, 0.1) is 6.92 Å². The second kappa shape index (κ2) is 6.43. The van der Waals surface area contributed by atoms with Gasteiger partial charge in [-0.15, -0.1) is 0 Å². The van der Waals surface area contributed by atoms with E-state index < -0.39 is 0 Å². The first-order valence-electron chi connectivity index (χ1n) is 9.12. The van der Waals surface area contributed by atoms with E-state index in [2.05, 4.69) is 86.6 Å². The Morgan fingerprint density at radius 2 is 1.42 bits per heavy atom. The minimum Gasteiger partial charge on any atom is -0.465 e. The minimum absolute atomic E-state index is 0.136. The summed E-state index contributed by atoms with van der Waals surface area (Å²) >= 11 is 0. The Kier molecular flexibility index (Phi) is 5.04. The Morgan fingerprint density at radius 1 is 0.875 bits per heavy atom. The van der Waals surface area contributed by atoms with Crippen molar-refractivity contribution in [1.82, 2.24) is 0 Å². The molecule has 1 heterocycles. The van der Waals surface area contributed by atoms with Crippen molar-refractivity contribution in [2.75, 3.05) is 0 Å². The third-order valence-corrected chi connectivity index (χ3v) is 4.71. The van der Waals surface area contributed by atoms with Crippen LogP contribution < -0.4 is 0 Å². The molecule has 0 saturated heterocycles. The molecular formula is C23H34O. The molecule has 1 aromatic heterocycles. The van der Waals surface area contributed by atoms with Gasteiger partial charge in [0.2, 0.25) is 0 Å². The van der Waals surface area contributed by atoms with Crippen molar-refractivity contribution in [3.8, 4) is 0 Å². The van der Waals surface area contributed by atoms with E-state index in [1.54, 1.807) is 0 Å². The molecule has 0 unspecified atom stereocenters. The average Bonchev–Trinajstić information content (AvgIpc) is 2.87. The molecule has 1 nitrogen and oxygen atoms in total. The Morgan fingerprint density at radius 3 is 1.88 bits per heavy atom. The van der Waals surface area contributed by atoms with Crippen LogP contribution in [0.1, 0.15) is 95.1 Å². The molecule has 132 valence electrons. The Labute approximate surface area is 148 Å². The zero-order chi connectivity index (χ0) is 18.3. The lowest BCUT2D eigenvalue weighted by atomic mass is 9.73. The third kappa shape index (κ3) is 4.12. The predicted octanol–water partition coefficient (Wildman–Crippen LogP) is 6.90. The van der Waals surface area contributed by atoms with Crippen LogP contribution in [0.5, 0.6) is 0 Å². The Hall–Kier alpha value is -1.50. The molecule has 0 fully saturated rings. The van der Waals surface area contributed by atoms with E-state index in [4.69, 9.17) is 4.42 Å². The molecule has 24 heavy (non-hydrogen) atoms. The van der Waals surface area contributed by atoms with Crippen molar-refractivity contribution >= 4 is 0 Å². The van der Waals surface area contributed by atoms with E-state index in [-0.39, 0.29) is 10.8 Å². The van der Waals surface area contributed by atoms with Gasteiger partial charge in [0.05, 0.1) is 0 Å². The molecule has 0 aliphatic heterocycles. The van der Waals surface area contributed by atoms with Gasteiger partial charge in [-0.1, -0.05) is 67.5 Å². The van der Waals surface area contributed by atoms with Crippen LogP contribution in [-0.2, 0) is 17.3 Å². The van der Waals surface area contributed by atoms with Crippen molar-refractivity contribution in [1.29, 1.82) is 0 Å². The molecule has 1 aromatic carbocycles. The van der Waals surface area contributed by atoms with Gasteiger partial charge in [-0.25, -0.2) is 0 Å². The lowest BCUT2D eigenvalue weighted by Gasteiger charge is -2.31. The van der Waals surface area contributed by atoms with E-state index >= 15 is 0 Å². The second-order valence-electron chi connectivity index (χ2n) is 9.46. The summed E-state index contributed by atoms with van der Waals surface area (Å²) in [6.45, 7) is 20.4. The third-order valence-electron chi connectivity index (χ3n) is 4.71. The minimum atomic E-state index is 0.136. The topological polar surface area (TPSA) is 13.1 Å². The molecule has 2 rings (SSSR count). The molecule has 0 bridgehead atoms. The van der Waals surface area contributed by atoms with Gasteiger partial charge in [0.15, 0.2) is 0 Å². The summed E-state index contributed by atoms with van der Waals surface area (Å²) in [5.41, 5.74) is 5.93. The van der Waals surface area contributed by atoms with E-state index in [0.717, 1.165) is 17.9 Å². The highest BCUT2D eigenvalue weighted by atomic mass is 16.3. The first kappa shape index (κ1) is 18.8. The first-order valence-corrected chi connectivity index (χ1v) is 9.12. The Bertz CT molecular complexity index is 703. The summed E-state index contributed by atoms with van der Waals surface area (Å²) in [7, 11) is 0. The summed E-state index contributed by atoms with van der Waals surface area (Å²) in [6.07, 6.45) is 0.867. The van der Waals surface area contributed by atoms with E-state index in [1.807, 2.05) is 0 Å². The highest BCUT2D eigenvalue weighted by Gasteiger charge is 2.26. The van der Waals surface area contributed by atoms with E-state index in [1.165, 1.54) is 22.3 Å². The van der Waals surface area contributed by atoms with Crippen molar-refractivity contribution in [2.45, 2.75) is 85.5 Å². The fraction of sp³-hybridized carbons (Fsp3) is 0.565. The number of aryl methyl sites for hydroxylation is 1. The van der Waals surface area contributed by atoms with E-state index in [0.29, 0.717) is 5.92 Å². The van der Waals surface area contributed by atoms with Crippen LogP contribution in [0.2, 0.25) is 0 Å². The average molecular weight is 327 g/mol. The van der Waals surface area contributed by atoms with Gasteiger partial charge in [-0.05, 0) is 52.1 Å². The molecule has 0 amide bonds. The molecule has 0 N–H and O–H groups in total. The molecule has 0 aliphatic rings. The maximum atomic E-state index is 6.03. The van der Waals surface area contributed by atoms with Crippen LogP contribution >= 0.6 is 0 Å². The maximum Gasteiger partial charge on any atom is 0.108 e. The van der Waals surface area contributed by atoms with Crippen molar-refractivity contribution in [3.63, 3.8) is 0 Å². The van der Waals surface area contributed by atoms with Gasteiger partial charge in [0.1, 0.15) is 11.5 Å². The van der Waals surface area contributed by atoms with Gasteiger partial charge in [0, 0.05) is 12.3 Å². The van der Waals surface area contributed by atoms with Crippen LogP contribution in [0.25, 0.3) is 0 Å². The lowest BCUT2D eigenvalue weighted by molar-refractivity contribution is 0.454. The molecule has 0 aliphatic carbocycles.